The zero-order valence-corrected chi connectivity index (χ0v) is 11.6. The van der Waals surface area contributed by atoms with Crippen LogP contribution in [-0.4, -0.2) is 21.6 Å². The van der Waals surface area contributed by atoms with Gasteiger partial charge in [0.2, 0.25) is 0 Å². The lowest BCUT2D eigenvalue weighted by atomic mass is 10.1. The number of aliphatic hydroxyl groups excluding tert-OH is 1. The van der Waals surface area contributed by atoms with Gasteiger partial charge in [-0.3, -0.25) is 15.1 Å². The summed E-state index contributed by atoms with van der Waals surface area (Å²) in [5, 5.41) is 20.5. The van der Waals surface area contributed by atoms with Crippen molar-refractivity contribution in [3.8, 4) is 5.75 Å². The Balaban J connectivity index is 2.07. The molecule has 0 spiro atoms. The van der Waals surface area contributed by atoms with E-state index in [0.717, 1.165) is 5.56 Å². The van der Waals surface area contributed by atoms with E-state index in [1.54, 1.807) is 19.3 Å². The van der Waals surface area contributed by atoms with Crippen molar-refractivity contribution in [3.63, 3.8) is 0 Å². The molecule has 0 unspecified atom stereocenters. The van der Waals surface area contributed by atoms with Crippen LogP contribution in [0.15, 0.2) is 42.7 Å². The van der Waals surface area contributed by atoms with Crippen molar-refractivity contribution in [2.45, 2.75) is 19.4 Å². The Labute approximate surface area is 122 Å². The lowest BCUT2D eigenvalue weighted by Gasteiger charge is -2.13. The Morgan fingerprint density at radius 2 is 2.24 bits per heavy atom. The Morgan fingerprint density at radius 3 is 2.86 bits per heavy atom. The second-order valence-corrected chi connectivity index (χ2v) is 4.61. The van der Waals surface area contributed by atoms with E-state index >= 15 is 0 Å². The minimum atomic E-state index is -0.835. The Bertz CT molecular complexity index is 614. The van der Waals surface area contributed by atoms with Crippen LogP contribution in [0.25, 0.3) is 0 Å². The van der Waals surface area contributed by atoms with Gasteiger partial charge in [0.25, 0.3) is 5.69 Å². The molecule has 0 saturated heterocycles. The van der Waals surface area contributed by atoms with Gasteiger partial charge >= 0.3 is 0 Å². The van der Waals surface area contributed by atoms with E-state index < -0.39 is 11.0 Å². The van der Waals surface area contributed by atoms with Crippen molar-refractivity contribution in [1.29, 1.82) is 0 Å². The number of benzene rings is 1. The highest BCUT2D eigenvalue weighted by Crippen LogP contribution is 2.29. The van der Waals surface area contributed by atoms with Crippen LogP contribution in [0.3, 0.4) is 0 Å². The van der Waals surface area contributed by atoms with Gasteiger partial charge in [-0.1, -0.05) is 6.07 Å². The van der Waals surface area contributed by atoms with Crippen molar-refractivity contribution in [1.82, 2.24) is 4.98 Å². The normalized spacial score (nSPS) is 11.9. The lowest BCUT2D eigenvalue weighted by molar-refractivity contribution is -0.385. The van der Waals surface area contributed by atoms with Gasteiger partial charge in [-0.25, -0.2) is 0 Å². The summed E-state index contributed by atoms with van der Waals surface area (Å²) in [7, 11) is 0. The molecule has 1 aromatic heterocycles. The predicted molar refractivity (Wildman–Crippen MR) is 77.2 cm³/mol. The first-order valence-corrected chi connectivity index (χ1v) is 6.56. The molecule has 0 aliphatic heterocycles. The average Bonchev–Trinajstić information content (AvgIpc) is 2.48. The summed E-state index contributed by atoms with van der Waals surface area (Å²) in [5.41, 5.74) is 1.39. The number of nitrogens with zero attached hydrogens (tertiary/aromatic N) is 2. The summed E-state index contributed by atoms with van der Waals surface area (Å²) in [4.78, 5) is 14.3. The quantitative estimate of drug-likeness (QED) is 0.652. The van der Waals surface area contributed by atoms with Gasteiger partial charge in [0.05, 0.1) is 17.6 Å². The molecular formula is C15H16N2O4. The Hall–Kier alpha value is -2.47. The number of nitro benzene ring substituents is 1. The topological polar surface area (TPSA) is 85.5 Å². The number of aliphatic hydroxyl groups is 1. The molecule has 1 aromatic carbocycles. The SMILES string of the molecule is C[C@H](O)c1cc([N+](=O)[O-])ccc1OCCc1cccnc1. The summed E-state index contributed by atoms with van der Waals surface area (Å²) in [5.74, 6) is 0.458. The van der Waals surface area contributed by atoms with E-state index in [-0.39, 0.29) is 5.69 Å². The van der Waals surface area contributed by atoms with Crippen molar-refractivity contribution in [2.24, 2.45) is 0 Å². The third kappa shape index (κ3) is 4.00. The second kappa shape index (κ2) is 6.81. The smallest absolute Gasteiger partial charge is 0.270 e. The van der Waals surface area contributed by atoms with E-state index in [1.165, 1.54) is 18.2 Å². The molecule has 2 rings (SSSR count). The number of pyridine rings is 1. The predicted octanol–water partition coefficient (Wildman–Crippen LogP) is 2.66. The van der Waals surface area contributed by atoms with Crippen molar-refractivity contribution >= 4 is 5.69 Å². The molecule has 21 heavy (non-hydrogen) atoms. The highest BCUT2D eigenvalue weighted by Gasteiger charge is 2.15. The van der Waals surface area contributed by atoms with Gasteiger partial charge in [-0.15, -0.1) is 0 Å². The molecule has 6 heteroatoms. The third-order valence-electron chi connectivity index (χ3n) is 3.03. The highest BCUT2D eigenvalue weighted by atomic mass is 16.6. The molecule has 0 saturated carbocycles. The van der Waals surface area contributed by atoms with Crippen molar-refractivity contribution in [2.75, 3.05) is 6.61 Å². The minimum absolute atomic E-state index is 0.0643. The molecule has 6 nitrogen and oxygen atoms in total. The summed E-state index contributed by atoms with van der Waals surface area (Å²) in [6.45, 7) is 1.95. The molecule has 0 bridgehead atoms. The first-order chi connectivity index (χ1) is 10.1. The number of non-ortho nitro benzene ring substituents is 1. The fourth-order valence-electron chi connectivity index (χ4n) is 1.93. The first kappa shape index (κ1) is 14.9. The number of ether oxygens (including phenoxy) is 1. The summed E-state index contributed by atoms with van der Waals surface area (Å²) < 4.78 is 5.63. The number of hydrogen-bond acceptors (Lipinski definition) is 5. The Kier molecular flexibility index (Phi) is 4.84. The van der Waals surface area contributed by atoms with Crippen molar-refractivity contribution in [3.05, 3.63) is 64.0 Å². The van der Waals surface area contributed by atoms with Gasteiger partial charge in [0.15, 0.2) is 0 Å². The van der Waals surface area contributed by atoms with Gasteiger partial charge < -0.3 is 9.84 Å². The summed E-state index contributed by atoms with van der Waals surface area (Å²) in [6.07, 6.45) is 3.30. The maximum Gasteiger partial charge on any atom is 0.270 e. The molecule has 0 aliphatic rings. The van der Waals surface area contributed by atoms with Crippen LogP contribution in [0.1, 0.15) is 24.2 Å². The van der Waals surface area contributed by atoms with Gasteiger partial charge in [0.1, 0.15) is 5.75 Å². The standard InChI is InChI=1S/C15H16N2O4/c1-11(18)14-9-13(17(19)20)4-5-15(14)21-8-6-12-3-2-7-16-10-12/h2-5,7,9-11,18H,6,8H2,1H3/t11-/m0/s1. The lowest BCUT2D eigenvalue weighted by Crippen LogP contribution is -2.05. The third-order valence-corrected chi connectivity index (χ3v) is 3.03. The maximum atomic E-state index is 10.8. The molecule has 110 valence electrons. The second-order valence-electron chi connectivity index (χ2n) is 4.61. The largest absolute Gasteiger partial charge is 0.493 e. The van der Waals surface area contributed by atoms with Gasteiger partial charge in [-0.05, 0) is 24.6 Å². The molecule has 0 fully saturated rings. The summed E-state index contributed by atoms with van der Waals surface area (Å²) in [6, 6.07) is 8.02. The van der Waals surface area contributed by atoms with Crippen LogP contribution < -0.4 is 4.74 Å². The van der Waals surface area contributed by atoms with Crippen LogP contribution in [0.5, 0.6) is 5.75 Å². The van der Waals surface area contributed by atoms with E-state index in [1.807, 2.05) is 12.1 Å². The molecule has 1 atom stereocenters. The zero-order valence-electron chi connectivity index (χ0n) is 11.6. The molecule has 1 heterocycles. The van der Waals surface area contributed by atoms with E-state index in [0.29, 0.717) is 24.3 Å². The molecule has 0 radical (unpaired) electrons. The molecule has 0 amide bonds. The number of hydrogen-bond donors (Lipinski definition) is 1. The minimum Gasteiger partial charge on any atom is -0.493 e. The molecule has 2 aromatic rings. The molecule has 1 N–H and O–H groups in total. The van der Waals surface area contributed by atoms with E-state index in [9.17, 15) is 15.2 Å². The van der Waals surface area contributed by atoms with Crippen LogP contribution in [0, 0.1) is 10.1 Å². The first-order valence-electron chi connectivity index (χ1n) is 6.56. The van der Waals surface area contributed by atoms with Gasteiger partial charge in [-0.2, -0.15) is 0 Å². The average molecular weight is 288 g/mol. The monoisotopic (exact) mass is 288 g/mol. The fraction of sp³-hybridized carbons (Fsp3) is 0.267. The van der Waals surface area contributed by atoms with Gasteiger partial charge in [0, 0.05) is 36.5 Å². The van der Waals surface area contributed by atoms with Crippen LogP contribution in [0.2, 0.25) is 0 Å². The zero-order chi connectivity index (χ0) is 15.2. The number of aromatic nitrogens is 1. The fourth-order valence-corrected chi connectivity index (χ4v) is 1.93. The van der Waals surface area contributed by atoms with Crippen LogP contribution in [-0.2, 0) is 6.42 Å². The van der Waals surface area contributed by atoms with Crippen LogP contribution >= 0.6 is 0 Å². The highest BCUT2D eigenvalue weighted by molar-refractivity contribution is 5.44. The number of nitro groups is 1. The van der Waals surface area contributed by atoms with Crippen LogP contribution in [0.4, 0.5) is 5.69 Å². The molecule has 0 aliphatic carbocycles. The Morgan fingerprint density at radius 1 is 1.43 bits per heavy atom. The van der Waals surface area contributed by atoms with Crippen molar-refractivity contribution < 1.29 is 14.8 Å². The van der Waals surface area contributed by atoms with E-state index in [4.69, 9.17) is 4.74 Å². The number of rotatable bonds is 6. The summed E-state index contributed by atoms with van der Waals surface area (Å²) >= 11 is 0. The maximum absolute atomic E-state index is 10.8. The van der Waals surface area contributed by atoms with E-state index in [2.05, 4.69) is 4.98 Å². The molecular weight excluding hydrogens is 272 g/mol.